The average molecular weight is 207 g/mol. The predicted octanol–water partition coefficient (Wildman–Crippen LogP) is 2.89. The Bertz CT molecular complexity index is 343. The Morgan fingerprint density at radius 3 is 2.33 bits per heavy atom. The summed E-state index contributed by atoms with van der Waals surface area (Å²) in [5.41, 5.74) is 3.59. The van der Waals surface area contributed by atoms with E-state index in [1.165, 1.54) is 11.1 Å². The second-order valence-corrected chi connectivity index (χ2v) is 4.67. The SMILES string of the molecule is Cc1c(C(C)C)ccc(O)c1CN(C)C. The molecule has 1 N–H and O–H groups in total. The first-order chi connectivity index (χ1) is 6.93. The van der Waals surface area contributed by atoms with E-state index in [9.17, 15) is 5.11 Å². The summed E-state index contributed by atoms with van der Waals surface area (Å²) in [4.78, 5) is 2.08. The van der Waals surface area contributed by atoms with E-state index in [2.05, 4.69) is 25.7 Å². The summed E-state index contributed by atoms with van der Waals surface area (Å²) in [7, 11) is 4.03. The van der Waals surface area contributed by atoms with Crippen LogP contribution in [0, 0.1) is 6.92 Å². The van der Waals surface area contributed by atoms with Crippen LogP contribution in [-0.2, 0) is 6.54 Å². The van der Waals surface area contributed by atoms with Gasteiger partial charge in [0.25, 0.3) is 0 Å². The number of phenols is 1. The van der Waals surface area contributed by atoms with Gasteiger partial charge in [-0.1, -0.05) is 19.9 Å². The molecule has 2 heteroatoms. The number of aromatic hydroxyl groups is 1. The number of rotatable bonds is 3. The molecule has 0 spiro atoms. The Morgan fingerprint density at radius 2 is 1.87 bits per heavy atom. The third kappa shape index (κ3) is 2.72. The monoisotopic (exact) mass is 207 g/mol. The van der Waals surface area contributed by atoms with Crippen molar-refractivity contribution in [2.45, 2.75) is 33.2 Å². The molecular formula is C13H21NO. The predicted molar refractivity (Wildman–Crippen MR) is 64.3 cm³/mol. The average Bonchev–Trinajstić information content (AvgIpc) is 2.11. The van der Waals surface area contributed by atoms with Crippen LogP contribution in [0.15, 0.2) is 12.1 Å². The summed E-state index contributed by atoms with van der Waals surface area (Å²) in [5, 5.41) is 9.82. The van der Waals surface area contributed by atoms with Gasteiger partial charge in [0.15, 0.2) is 0 Å². The molecule has 0 aliphatic carbocycles. The Hall–Kier alpha value is -1.02. The molecule has 0 radical (unpaired) electrons. The van der Waals surface area contributed by atoms with Gasteiger partial charge in [0, 0.05) is 12.1 Å². The second-order valence-electron chi connectivity index (χ2n) is 4.67. The zero-order valence-electron chi connectivity index (χ0n) is 10.3. The molecule has 0 saturated heterocycles. The summed E-state index contributed by atoms with van der Waals surface area (Å²) in [5.74, 6) is 0.914. The quantitative estimate of drug-likeness (QED) is 0.823. The Labute approximate surface area is 92.5 Å². The molecule has 0 unspecified atom stereocenters. The number of nitrogens with zero attached hydrogens (tertiary/aromatic N) is 1. The van der Waals surface area contributed by atoms with Gasteiger partial charge in [-0.3, -0.25) is 0 Å². The molecule has 0 amide bonds. The summed E-state index contributed by atoms with van der Waals surface area (Å²) in [6.07, 6.45) is 0. The minimum atomic E-state index is 0.408. The highest BCUT2D eigenvalue weighted by Gasteiger charge is 2.11. The molecule has 1 aromatic carbocycles. The lowest BCUT2D eigenvalue weighted by Crippen LogP contribution is -2.12. The Morgan fingerprint density at radius 1 is 1.27 bits per heavy atom. The van der Waals surface area contributed by atoms with Crippen LogP contribution >= 0.6 is 0 Å². The van der Waals surface area contributed by atoms with Gasteiger partial charge in [0.2, 0.25) is 0 Å². The van der Waals surface area contributed by atoms with Crippen molar-refractivity contribution in [1.82, 2.24) is 4.90 Å². The van der Waals surface area contributed by atoms with E-state index in [1.807, 2.05) is 20.2 Å². The Balaban J connectivity index is 3.18. The van der Waals surface area contributed by atoms with E-state index in [4.69, 9.17) is 0 Å². The largest absolute Gasteiger partial charge is 0.508 e. The van der Waals surface area contributed by atoms with Crippen molar-refractivity contribution in [2.24, 2.45) is 0 Å². The minimum absolute atomic E-state index is 0.408. The molecule has 0 aliphatic rings. The molecule has 0 saturated carbocycles. The summed E-state index contributed by atoms with van der Waals surface area (Å²) >= 11 is 0. The van der Waals surface area contributed by atoms with E-state index in [1.54, 1.807) is 6.07 Å². The maximum atomic E-state index is 9.82. The smallest absolute Gasteiger partial charge is 0.120 e. The van der Waals surface area contributed by atoms with Crippen LogP contribution in [0.1, 0.15) is 36.5 Å². The standard InChI is InChI=1S/C13H21NO/c1-9(2)11-6-7-13(15)12(10(11)3)8-14(4)5/h6-7,9,15H,8H2,1-5H3. The van der Waals surface area contributed by atoms with Crippen LogP contribution in [0.5, 0.6) is 5.75 Å². The third-order valence-corrected chi connectivity index (χ3v) is 2.71. The van der Waals surface area contributed by atoms with Crippen molar-refractivity contribution in [3.8, 4) is 5.75 Å². The first kappa shape index (κ1) is 12.1. The highest BCUT2D eigenvalue weighted by molar-refractivity contribution is 5.44. The highest BCUT2D eigenvalue weighted by atomic mass is 16.3. The van der Waals surface area contributed by atoms with Gasteiger partial charge in [0.1, 0.15) is 5.75 Å². The molecule has 0 aliphatic heterocycles. The van der Waals surface area contributed by atoms with Crippen molar-refractivity contribution in [2.75, 3.05) is 14.1 Å². The number of benzene rings is 1. The lowest BCUT2D eigenvalue weighted by molar-refractivity contribution is 0.384. The number of hydrogen-bond donors (Lipinski definition) is 1. The zero-order chi connectivity index (χ0) is 11.6. The molecule has 2 nitrogen and oxygen atoms in total. The lowest BCUT2D eigenvalue weighted by Gasteiger charge is -2.18. The number of phenolic OH excluding ortho intramolecular Hbond substituents is 1. The molecule has 1 rings (SSSR count). The van der Waals surface area contributed by atoms with E-state index in [0.29, 0.717) is 11.7 Å². The molecule has 1 aromatic rings. The summed E-state index contributed by atoms with van der Waals surface area (Å²) < 4.78 is 0. The topological polar surface area (TPSA) is 23.5 Å². The summed E-state index contributed by atoms with van der Waals surface area (Å²) in [6, 6.07) is 3.83. The van der Waals surface area contributed by atoms with Crippen molar-refractivity contribution < 1.29 is 5.11 Å². The third-order valence-electron chi connectivity index (χ3n) is 2.71. The van der Waals surface area contributed by atoms with Gasteiger partial charge in [-0.15, -0.1) is 0 Å². The van der Waals surface area contributed by atoms with Crippen molar-refractivity contribution in [3.05, 3.63) is 28.8 Å². The van der Waals surface area contributed by atoms with Gasteiger partial charge in [-0.25, -0.2) is 0 Å². The first-order valence-electron chi connectivity index (χ1n) is 5.39. The summed E-state index contributed by atoms with van der Waals surface area (Å²) in [6.45, 7) is 7.24. The van der Waals surface area contributed by atoms with Crippen molar-refractivity contribution in [3.63, 3.8) is 0 Å². The van der Waals surface area contributed by atoms with Crippen molar-refractivity contribution >= 4 is 0 Å². The molecule has 0 atom stereocenters. The van der Waals surface area contributed by atoms with Crippen molar-refractivity contribution in [1.29, 1.82) is 0 Å². The first-order valence-corrected chi connectivity index (χ1v) is 5.39. The molecule has 0 bridgehead atoms. The van der Waals surface area contributed by atoms with Crippen LogP contribution in [0.2, 0.25) is 0 Å². The molecule has 15 heavy (non-hydrogen) atoms. The molecule has 0 heterocycles. The van der Waals surface area contributed by atoms with Gasteiger partial charge in [-0.2, -0.15) is 0 Å². The van der Waals surface area contributed by atoms with E-state index < -0.39 is 0 Å². The van der Waals surface area contributed by atoms with Crippen LogP contribution in [-0.4, -0.2) is 24.1 Å². The number of hydrogen-bond acceptors (Lipinski definition) is 2. The van der Waals surface area contributed by atoms with Crippen LogP contribution in [0.25, 0.3) is 0 Å². The lowest BCUT2D eigenvalue weighted by atomic mass is 9.93. The normalized spacial score (nSPS) is 11.4. The van der Waals surface area contributed by atoms with E-state index in [0.717, 1.165) is 12.1 Å². The fourth-order valence-electron chi connectivity index (χ4n) is 1.90. The molecule has 0 aromatic heterocycles. The maximum Gasteiger partial charge on any atom is 0.120 e. The fourth-order valence-corrected chi connectivity index (χ4v) is 1.90. The van der Waals surface area contributed by atoms with Crippen LogP contribution in [0.4, 0.5) is 0 Å². The zero-order valence-corrected chi connectivity index (χ0v) is 10.3. The van der Waals surface area contributed by atoms with Gasteiger partial charge in [0.05, 0.1) is 0 Å². The highest BCUT2D eigenvalue weighted by Crippen LogP contribution is 2.29. The fraction of sp³-hybridized carbons (Fsp3) is 0.538. The van der Waals surface area contributed by atoms with Gasteiger partial charge >= 0.3 is 0 Å². The molecule has 84 valence electrons. The molecular weight excluding hydrogens is 186 g/mol. The van der Waals surface area contributed by atoms with Gasteiger partial charge in [-0.05, 0) is 44.1 Å². The van der Waals surface area contributed by atoms with Crippen LogP contribution in [0.3, 0.4) is 0 Å². The Kier molecular flexibility index (Phi) is 3.75. The van der Waals surface area contributed by atoms with E-state index in [-0.39, 0.29) is 0 Å². The maximum absolute atomic E-state index is 9.82. The molecule has 0 fully saturated rings. The van der Waals surface area contributed by atoms with Crippen LogP contribution < -0.4 is 0 Å². The second kappa shape index (κ2) is 4.67. The van der Waals surface area contributed by atoms with Gasteiger partial charge < -0.3 is 10.0 Å². The van der Waals surface area contributed by atoms with E-state index >= 15 is 0 Å². The minimum Gasteiger partial charge on any atom is -0.508 e.